The first-order chi connectivity index (χ1) is 15.9. The first kappa shape index (κ1) is 22.8. The number of anilines is 2. The molecule has 7 nitrogen and oxygen atoms in total. The van der Waals surface area contributed by atoms with Crippen molar-refractivity contribution in [3.63, 3.8) is 0 Å². The summed E-state index contributed by atoms with van der Waals surface area (Å²) in [7, 11) is 0. The highest BCUT2D eigenvalue weighted by atomic mass is 35.5. The largest absolute Gasteiger partial charge is 0.486 e. The summed E-state index contributed by atoms with van der Waals surface area (Å²) in [5.41, 5.74) is 7.42. The predicted octanol–water partition coefficient (Wildman–Crippen LogP) is 4.99. The molecule has 0 amide bonds. The number of nitrogen functional groups attached to an aromatic ring is 1. The van der Waals surface area contributed by atoms with E-state index in [0.717, 1.165) is 25.5 Å². The second-order valence-electron chi connectivity index (χ2n) is 7.50. The molecule has 1 fully saturated rings. The Morgan fingerprint density at radius 2 is 2.03 bits per heavy atom. The van der Waals surface area contributed by atoms with Gasteiger partial charge in [-0.15, -0.1) is 0 Å². The maximum absolute atomic E-state index is 14.5. The van der Waals surface area contributed by atoms with E-state index in [4.69, 9.17) is 39.1 Å². The molecule has 1 unspecified atom stereocenters. The van der Waals surface area contributed by atoms with Gasteiger partial charge in [-0.25, -0.2) is 9.37 Å². The number of halogens is 3. The van der Waals surface area contributed by atoms with Crippen LogP contribution >= 0.6 is 23.2 Å². The average molecular weight is 485 g/mol. The fraction of sp³-hybridized carbons (Fsp3) is 0.217. The number of rotatable bonds is 6. The van der Waals surface area contributed by atoms with Gasteiger partial charge in [-0.3, -0.25) is 10.4 Å². The van der Waals surface area contributed by atoms with E-state index in [1.165, 1.54) is 18.5 Å². The molecule has 0 spiro atoms. The minimum absolute atomic E-state index is 0.0645. The highest BCUT2D eigenvalue weighted by molar-refractivity contribution is 6.35. The summed E-state index contributed by atoms with van der Waals surface area (Å²) in [4.78, 5) is 10.2. The predicted molar refractivity (Wildman–Crippen MR) is 126 cm³/mol. The monoisotopic (exact) mass is 484 g/mol. The summed E-state index contributed by atoms with van der Waals surface area (Å²) in [6, 6.07) is 8.07. The van der Waals surface area contributed by atoms with Gasteiger partial charge in [-0.2, -0.15) is 5.26 Å². The van der Waals surface area contributed by atoms with Gasteiger partial charge in [0.1, 0.15) is 18.5 Å². The molecular formula is C23H19Cl2FN6O. The zero-order valence-corrected chi connectivity index (χ0v) is 18.9. The van der Waals surface area contributed by atoms with Gasteiger partial charge in [0.2, 0.25) is 0 Å². The molecule has 0 saturated carbocycles. The van der Waals surface area contributed by atoms with E-state index in [1.54, 1.807) is 18.3 Å². The third-order valence-corrected chi connectivity index (χ3v) is 6.08. The van der Waals surface area contributed by atoms with Crippen LogP contribution in [0.2, 0.25) is 10.0 Å². The Morgan fingerprint density at radius 1 is 1.27 bits per heavy atom. The fourth-order valence-electron chi connectivity index (χ4n) is 3.66. The lowest BCUT2D eigenvalue weighted by Gasteiger charge is -2.20. The Labute approximate surface area is 200 Å². The Morgan fingerprint density at radius 3 is 2.70 bits per heavy atom. The zero-order valence-electron chi connectivity index (χ0n) is 17.4. The third kappa shape index (κ3) is 4.70. The van der Waals surface area contributed by atoms with E-state index in [9.17, 15) is 9.65 Å². The minimum Gasteiger partial charge on any atom is -0.486 e. The topological polar surface area (TPSA) is 112 Å². The summed E-state index contributed by atoms with van der Waals surface area (Å²) in [5.74, 6) is -0.0837. The molecule has 33 heavy (non-hydrogen) atoms. The number of ether oxygens (including phenoxy) is 1. The molecule has 1 aromatic carbocycles. The lowest BCUT2D eigenvalue weighted by Crippen LogP contribution is -2.28. The highest BCUT2D eigenvalue weighted by Gasteiger charge is 2.25. The van der Waals surface area contributed by atoms with Crippen molar-refractivity contribution in [3.05, 3.63) is 75.4 Å². The Kier molecular flexibility index (Phi) is 6.63. The quantitative estimate of drug-likeness (QED) is 0.376. The molecule has 168 valence electrons. The molecule has 0 aliphatic carbocycles. The molecular weight excluding hydrogens is 466 g/mol. The van der Waals surface area contributed by atoms with Crippen molar-refractivity contribution in [1.29, 1.82) is 10.7 Å². The van der Waals surface area contributed by atoms with Gasteiger partial charge in [0, 0.05) is 53.6 Å². The summed E-state index contributed by atoms with van der Waals surface area (Å²) < 4.78 is 20.1. The van der Waals surface area contributed by atoms with Gasteiger partial charge in [0.05, 0.1) is 21.8 Å². The van der Waals surface area contributed by atoms with Crippen LogP contribution < -0.4 is 15.4 Å². The molecule has 3 aromatic rings. The molecule has 1 aliphatic rings. The number of benzene rings is 1. The lowest BCUT2D eigenvalue weighted by atomic mass is 10.0. The molecule has 4 rings (SSSR count). The van der Waals surface area contributed by atoms with Crippen LogP contribution in [0.1, 0.15) is 29.5 Å². The fourth-order valence-corrected chi connectivity index (χ4v) is 4.13. The third-order valence-electron chi connectivity index (χ3n) is 5.43. The van der Waals surface area contributed by atoms with Crippen molar-refractivity contribution < 1.29 is 9.13 Å². The lowest BCUT2D eigenvalue weighted by molar-refractivity contribution is 0.290. The SMILES string of the molecule is N#CC1CCCN1c1ccc(C(=N)c2cc(OCc3c(Cl)cncc3Cl)c(F)cc2N)cn1. The van der Waals surface area contributed by atoms with Crippen LogP contribution in [0.25, 0.3) is 0 Å². The smallest absolute Gasteiger partial charge is 0.167 e. The van der Waals surface area contributed by atoms with Crippen LogP contribution in [-0.4, -0.2) is 28.3 Å². The molecule has 0 radical (unpaired) electrons. The molecule has 1 saturated heterocycles. The Hall–Kier alpha value is -3.41. The first-order valence-corrected chi connectivity index (χ1v) is 10.9. The van der Waals surface area contributed by atoms with Crippen LogP contribution in [0.5, 0.6) is 5.75 Å². The van der Waals surface area contributed by atoms with Crippen LogP contribution in [0.3, 0.4) is 0 Å². The van der Waals surface area contributed by atoms with Gasteiger partial charge in [-0.1, -0.05) is 23.2 Å². The highest BCUT2D eigenvalue weighted by Crippen LogP contribution is 2.30. The van der Waals surface area contributed by atoms with Gasteiger partial charge >= 0.3 is 0 Å². The number of nitrogens with two attached hydrogens (primary N) is 1. The second kappa shape index (κ2) is 9.61. The van der Waals surface area contributed by atoms with Crippen LogP contribution in [-0.2, 0) is 6.61 Å². The number of nitriles is 1. The summed E-state index contributed by atoms with van der Waals surface area (Å²) >= 11 is 12.2. The number of pyridine rings is 2. The van der Waals surface area contributed by atoms with Crippen molar-refractivity contribution in [2.24, 2.45) is 0 Å². The number of hydrogen-bond acceptors (Lipinski definition) is 7. The molecule has 2 aromatic heterocycles. The molecule has 3 heterocycles. The standard InChI is InChI=1S/C23H19Cl2FN6O/c24-17-10-30-11-18(25)16(17)12-33-21-6-15(20(28)7-19(21)26)23(29)13-3-4-22(31-9-13)32-5-1-2-14(32)8-27/h3-4,6-7,9-11,14,29H,1-2,5,12,28H2. The van der Waals surface area contributed by atoms with Gasteiger partial charge in [0.25, 0.3) is 0 Å². The normalized spacial score (nSPS) is 15.3. The Balaban J connectivity index is 1.56. The first-order valence-electron chi connectivity index (χ1n) is 10.1. The van der Waals surface area contributed by atoms with Gasteiger partial charge < -0.3 is 15.4 Å². The summed E-state index contributed by atoms with van der Waals surface area (Å²) in [5, 5.41) is 18.5. The van der Waals surface area contributed by atoms with E-state index in [0.29, 0.717) is 32.6 Å². The van der Waals surface area contributed by atoms with E-state index >= 15 is 0 Å². The number of nitrogens with one attached hydrogen (secondary N) is 1. The van der Waals surface area contributed by atoms with Crippen molar-refractivity contribution in [2.75, 3.05) is 17.2 Å². The van der Waals surface area contributed by atoms with Crippen LogP contribution in [0.4, 0.5) is 15.9 Å². The van der Waals surface area contributed by atoms with Crippen molar-refractivity contribution in [2.45, 2.75) is 25.5 Å². The van der Waals surface area contributed by atoms with Crippen LogP contribution in [0.15, 0.2) is 42.9 Å². The molecule has 1 atom stereocenters. The van der Waals surface area contributed by atoms with E-state index in [-0.39, 0.29) is 29.8 Å². The van der Waals surface area contributed by atoms with E-state index in [2.05, 4.69) is 16.0 Å². The maximum atomic E-state index is 14.5. The molecule has 10 heteroatoms. The van der Waals surface area contributed by atoms with Gasteiger partial charge in [0.15, 0.2) is 11.6 Å². The van der Waals surface area contributed by atoms with Crippen molar-refractivity contribution in [3.8, 4) is 11.8 Å². The van der Waals surface area contributed by atoms with E-state index < -0.39 is 5.82 Å². The molecule has 0 bridgehead atoms. The number of aromatic nitrogens is 2. The second-order valence-corrected chi connectivity index (χ2v) is 8.32. The van der Waals surface area contributed by atoms with E-state index in [1.807, 2.05) is 4.90 Å². The zero-order chi connectivity index (χ0) is 23.5. The summed E-state index contributed by atoms with van der Waals surface area (Å²) in [6.07, 6.45) is 6.13. The van der Waals surface area contributed by atoms with Crippen molar-refractivity contribution in [1.82, 2.24) is 9.97 Å². The van der Waals surface area contributed by atoms with Crippen molar-refractivity contribution >= 4 is 40.4 Å². The maximum Gasteiger partial charge on any atom is 0.167 e. The molecule has 1 aliphatic heterocycles. The Bertz CT molecular complexity index is 1220. The minimum atomic E-state index is -0.671. The molecule has 3 N–H and O–H groups in total. The number of hydrogen-bond donors (Lipinski definition) is 2. The van der Waals surface area contributed by atoms with Gasteiger partial charge in [-0.05, 0) is 31.0 Å². The number of nitrogens with zero attached hydrogens (tertiary/aromatic N) is 4. The summed E-state index contributed by atoms with van der Waals surface area (Å²) in [6.45, 7) is 0.680. The van der Waals surface area contributed by atoms with Crippen LogP contribution in [0, 0.1) is 22.6 Å². The average Bonchev–Trinajstić information content (AvgIpc) is 3.28.